The Morgan fingerprint density at radius 2 is 1.82 bits per heavy atom. The predicted octanol–water partition coefficient (Wildman–Crippen LogP) is 8.11. The SMILES string of the molecule is CC.CCN/C=C(\CC)CCCNC(=O)c1cccc(C2=C(C#N)C(NC(=O)c3ccco3)=CCC(c3ccccc3C)=C2)c1. The molecule has 0 saturated carbocycles. The zero-order chi connectivity index (χ0) is 32.6. The predicted molar refractivity (Wildman–Crippen MR) is 182 cm³/mol. The maximum atomic E-state index is 13.1. The first-order valence-electron chi connectivity index (χ1n) is 15.7. The second-order valence-corrected chi connectivity index (χ2v) is 10.3. The van der Waals surface area contributed by atoms with Crippen LogP contribution in [0.1, 0.15) is 91.0 Å². The number of amides is 2. The minimum Gasteiger partial charge on any atom is -0.459 e. The van der Waals surface area contributed by atoms with Crippen molar-refractivity contribution in [3.8, 4) is 6.07 Å². The first-order chi connectivity index (χ1) is 21.9. The van der Waals surface area contributed by atoms with Gasteiger partial charge in [-0.1, -0.05) is 68.8 Å². The molecule has 1 aliphatic rings. The fraction of sp³-hybridized carbons (Fsp3) is 0.289. The first kappa shape index (κ1) is 34.4. The summed E-state index contributed by atoms with van der Waals surface area (Å²) in [7, 11) is 0. The van der Waals surface area contributed by atoms with E-state index in [9.17, 15) is 14.9 Å². The molecule has 2 amide bonds. The molecule has 0 bridgehead atoms. The number of hydrogen-bond acceptors (Lipinski definition) is 5. The number of rotatable bonds is 12. The highest BCUT2D eigenvalue weighted by Gasteiger charge is 2.21. The highest BCUT2D eigenvalue weighted by molar-refractivity contribution is 5.98. The van der Waals surface area contributed by atoms with Crippen molar-refractivity contribution in [2.75, 3.05) is 13.1 Å². The quantitative estimate of drug-likeness (QED) is 0.181. The van der Waals surface area contributed by atoms with E-state index in [1.807, 2.05) is 69.3 Å². The maximum Gasteiger partial charge on any atom is 0.291 e. The molecule has 2 aromatic carbocycles. The zero-order valence-electron chi connectivity index (χ0n) is 27.0. The molecule has 0 atom stereocenters. The average molecular weight is 605 g/mol. The summed E-state index contributed by atoms with van der Waals surface area (Å²) in [5, 5.41) is 19.5. The first-order valence-corrected chi connectivity index (χ1v) is 15.7. The van der Waals surface area contributed by atoms with Gasteiger partial charge in [0.05, 0.1) is 17.5 Å². The maximum absolute atomic E-state index is 13.1. The number of aryl methyl sites for hydroxylation is 1. The largest absolute Gasteiger partial charge is 0.459 e. The number of carbonyl (C=O) groups excluding carboxylic acids is 2. The summed E-state index contributed by atoms with van der Waals surface area (Å²) in [6, 6.07) is 20.9. The molecule has 234 valence electrons. The molecule has 0 spiro atoms. The van der Waals surface area contributed by atoms with Crippen LogP contribution in [0.5, 0.6) is 0 Å². The Morgan fingerprint density at radius 1 is 1.02 bits per heavy atom. The second kappa shape index (κ2) is 17.9. The Bertz CT molecular complexity index is 1620. The molecule has 4 rings (SSSR count). The van der Waals surface area contributed by atoms with Crippen molar-refractivity contribution in [2.24, 2.45) is 0 Å². The molecule has 1 heterocycles. The smallest absolute Gasteiger partial charge is 0.291 e. The molecule has 1 aliphatic carbocycles. The van der Waals surface area contributed by atoms with Crippen LogP contribution in [-0.4, -0.2) is 24.9 Å². The Hall–Kier alpha value is -5.09. The van der Waals surface area contributed by atoms with Crippen LogP contribution in [0.2, 0.25) is 0 Å². The molecule has 45 heavy (non-hydrogen) atoms. The summed E-state index contributed by atoms with van der Waals surface area (Å²) in [6.45, 7) is 11.7. The molecular formula is C38H44N4O3. The van der Waals surface area contributed by atoms with Crippen LogP contribution in [0.25, 0.3) is 11.1 Å². The molecular weight excluding hydrogens is 560 g/mol. The molecule has 3 N–H and O–H groups in total. The van der Waals surface area contributed by atoms with Crippen molar-refractivity contribution in [3.63, 3.8) is 0 Å². The van der Waals surface area contributed by atoms with Gasteiger partial charge in [-0.05, 0) is 98.3 Å². The van der Waals surface area contributed by atoms with E-state index in [-0.39, 0.29) is 11.7 Å². The fourth-order valence-corrected chi connectivity index (χ4v) is 4.98. The fourth-order valence-electron chi connectivity index (χ4n) is 4.98. The lowest BCUT2D eigenvalue weighted by Gasteiger charge is -2.13. The molecule has 0 radical (unpaired) electrons. The number of nitrogens with one attached hydrogen (secondary N) is 3. The average Bonchev–Trinajstić information content (AvgIpc) is 3.56. The van der Waals surface area contributed by atoms with Crippen molar-refractivity contribution >= 4 is 23.0 Å². The third kappa shape index (κ3) is 9.45. The third-order valence-corrected chi connectivity index (χ3v) is 7.34. The van der Waals surface area contributed by atoms with Crippen molar-refractivity contribution in [2.45, 2.75) is 60.3 Å². The van der Waals surface area contributed by atoms with Crippen molar-refractivity contribution in [1.82, 2.24) is 16.0 Å². The van der Waals surface area contributed by atoms with Crippen molar-refractivity contribution < 1.29 is 14.0 Å². The number of allylic oxidation sites excluding steroid dienone is 6. The van der Waals surface area contributed by atoms with Gasteiger partial charge in [0.25, 0.3) is 11.8 Å². The lowest BCUT2D eigenvalue weighted by atomic mass is 9.93. The van der Waals surface area contributed by atoms with Crippen LogP contribution < -0.4 is 16.0 Å². The topological polar surface area (TPSA) is 107 Å². The van der Waals surface area contributed by atoms with Gasteiger partial charge in [-0.3, -0.25) is 9.59 Å². The molecule has 0 aliphatic heterocycles. The van der Waals surface area contributed by atoms with E-state index in [0.717, 1.165) is 42.5 Å². The van der Waals surface area contributed by atoms with Gasteiger partial charge < -0.3 is 20.4 Å². The van der Waals surface area contributed by atoms with Crippen LogP contribution in [0.15, 0.2) is 107 Å². The van der Waals surface area contributed by atoms with Gasteiger partial charge in [-0.15, -0.1) is 0 Å². The third-order valence-electron chi connectivity index (χ3n) is 7.34. The summed E-state index contributed by atoms with van der Waals surface area (Å²) in [4.78, 5) is 26.1. The van der Waals surface area contributed by atoms with Gasteiger partial charge >= 0.3 is 0 Å². The number of nitriles is 1. The number of furan rings is 1. The van der Waals surface area contributed by atoms with Crippen LogP contribution >= 0.6 is 0 Å². The van der Waals surface area contributed by atoms with Gasteiger partial charge in [-0.2, -0.15) is 5.26 Å². The monoisotopic (exact) mass is 604 g/mol. The minimum atomic E-state index is -0.442. The Morgan fingerprint density at radius 3 is 2.51 bits per heavy atom. The molecule has 3 aromatic rings. The molecule has 0 fully saturated rings. The van der Waals surface area contributed by atoms with E-state index < -0.39 is 5.91 Å². The number of carbonyl (C=O) groups is 2. The van der Waals surface area contributed by atoms with Gasteiger partial charge in [0, 0.05) is 24.2 Å². The number of benzene rings is 2. The lowest BCUT2D eigenvalue weighted by Crippen LogP contribution is -2.24. The van der Waals surface area contributed by atoms with Gasteiger partial charge in [0.15, 0.2) is 5.76 Å². The number of hydrogen-bond donors (Lipinski definition) is 3. The van der Waals surface area contributed by atoms with Crippen molar-refractivity contribution in [3.05, 3.63) is 130 Å². The summed E-state index contributed by atoms with van der Waals surface area (Å²) in [6.07, 6.45) is 10.6. The zero-order valence-corrected chi connectivity index (χ0v) is 27.0. The summed E-state index contributed by atoms with van der Waals surface area (Å²) >= 11 is 0. The van der Waals surface area contributed by atoms with Gasteiger partial charge in [-0.25, -0.2) is 0 Å². The Balaban J connectivity index is 0.00000271. The molecule has 0 unspecified atom stereocenters. The Kier molecular flexibility index (Phi) is 13.7. The summed E-state index contributed by atoms with van der Waals surface area (Å²) in [5.41, 5.74) is 7.00. The summed E-state index contributed by atoms with van der Waals surface area (Å²) < 4.78 is 5.27. The van der Waals surface area contributed by atoms with Crippen LogP contribution in [0.3, 0.4) is 0 Å². The normalized spacial score (nSPS) is 12.9. The van der Waals surface area contributed by atoms with E-state index in [1.165, 1.54) is 11.8 Å². The molecule has 1 aromatic heterocycles. The lowest BCUT2D eigenvalue weighted by molar-refractivity contribution is 0.0936. The standard InChI is InChI=1S/C36H38N4O3.C2H6/c1-4-26(24-38-5-2)12-9-19-39-35(41)29-14-8-13-27(21-29)31-22-28(30-15-7-6-11-25(30)3)17-18-33(32(31)23-37)40-36(42)34-16-10-20-43-34;1-2/h6-8,10-11,13-16,18,20-22,24,38H,4-5,9,12,17,19H2,1-3H3,(H,39,41)(H,40,42);1-2H3/b26-24+;. The van der Waals surface area contributed by atoms with E-state index in [0.29, 0.717) is 40.9 Å². The molecule has 0 saturated heterocycles. The minimum absolute atomic E-state index is 0.151. The number of nitrogens with zero attached hydrogens (tertiary/aromatic N) is 1. The van der Waals surface area contributed by atoms with E-state index >= 15 is 0 Å². The van der Waals surface area contributed by atoms with Crippen LogP contribution in [-0.2, 0) is 0 Å². The van der Waals surface area contributed by atoms with Gasteiger partial charge in [0.2, 0.25) is 0 Å². The highest BCUT2D eigenvalue weighted by atomic mass is 16.3. The van der Waals surface area contributed by atoms with E-state index in [4.69, 9.17) is 4.42 Å². The highest BCUT2D eigenvalue weighted by Crippen LogP contribution is 2.34. The molecule has 7 nitrogen and oxygen atoms in total. The van der Waals surface area contributed by atoms with Crippen LogP contribution in [0, 0.1) is 18.3 Å². The van der Waals surface area contributed by atoms with E-state index in [1.54, 1.807) is 24.3 Å². The van der Waals surface area contributed by atoms with Crippen molar-refractivity contribution in [1.29, 1.82) is 5.26 Å². The molecule has 7 heteroatoms. The summed E-state index contributed by atoms with van der Waals surface area (Å²) in [5.74, 6) is -0.464. The second-order valence-electron chi connectivity index (χ2n) is 10.3. The van der Waals surface area contributed by atoms with E-state index in [2.05, 4.69) is 42.1 Å². The van der Waals surface area contributed by atoms with Gasteiger partial charge in [0.1, 0.15) is 6.07 Å². The van der Waals surface area contributed by atoms with Crippen LogP contribution in [0.4, 0.5) is 0 Å². The Labute approximate surface area is 267 Å².